The molecule has 0 heterocycles. The van der Waals surface area contributed by atoms with Gasteiger partial charge < -0.3 is 19.8 Å². The zero-order valence-corrected chi connectivity index (χ0v) is 46.6. The summed E-state index contributed by atoms with van der Waals surface area (Å²) in [4.78, 5) is 23.1. The highest BCUT2D eigenvalue weighted by molar-refractivity contribution is 7.47. The quantitative estimate of drug-likeness (QED) is 0.0243. The molecule has 0 aliphatic heterocycles. The standard InChI is InChI=1S/C61H107N2O6P/c1-6-8-10-12-14-16-17-18-19-20-21-22-23-24-25-26-27-28-29-30-31-32-33-34-35-36-37-38-39-40-41-42-43-44-45-47-49-51-53-55-61(65)62-59(58-69-70(66,67)68-57-56-63(3,4)5)60(64)54-52-50-48-46-15-13-11-9-7-2/h7-10,14-16,18-19,21-22,24-25,27-28,46,52,54,59-60,64H,6,11-13,17,20,23,26,29-45,47-51,53,55-58H2,1-5H3,(H-,62,65,66,67)/p+1/b9-7+,10-8-,16-14-,19-18-,22-21-,25-24-,28-27-,46-15+,54-52+. The highest BCUT2D eigenvalue weighted by Crippen LogP contribution is 2.43. The molecule has 0 aliphatic carbocycles. The number of nitrogens with zero attached hydrogens (tertiary/aromatic N) is 1. The molecule has 1 amide bonds. The lowest BCUT2D eigenvalue weighted by Gasteiger charge is -2.25. The lowest BCUT2D eigenvalue weighted by molar-refractivity contribution is -0.870. The van der Waals surface area contributed by atoms with E-state index >= 15 is 0 Å². The van der Waals surface area contributed by atoms with Crippen LogP contribution in [0.4, 0.5) is 0 Å². The molecule has 0 aliphatic rings. The lowest BCUT2D eigenvalue weighted by Crippen LogP contribution is -2.45. The van der Waals surface area contributed by atoms with Gasteiger partial charge in [0.25, 0.3) is 0 Å². The fourth-order valence-corrected chi connectivity index (χ4v) is 8.41. The van der Waals surface area contributed by atoms with E-state index in [0.29, 0.717) is 17.4 Å². The number of quaternary nitrogens is 1. The van der Waals surface area contributed by atoms with Crippen LogP contribution in [-0.4, -0.2) is 73.4 Å². The monoisotopic (exact) mass is 996 g/mol. The van der Waals surface area contributed by atoms with Crippen LogP contribution in [0.5, 0.6) is 0 Å². The Bertz CT molecular complexity index is 1500. The minimum atomic E-state index is -4.35. The van der Waals surface area contributed by atoms with Crippen molar-refractivity contribution in [3.8, 4) is 0 Å². The fourth-order valence-electron chi connectivity index (χ4n) is 7.67. The van der Waals surface area contributed by atoms with Gasteiger partial charge >= 0.3 is 7.82 Å². The number of carbonyl (C=O) groups excluding carboxylic acids is 1. The molecule has 0 saturated carbocycles. The Morgan fingerprint density at radius 2 is 0.886 bits per heavy atom. The smallest absolute Gasteiger partial charge is 0.387 e. The van der Waals surface area contributed by atoms with Gasteiger partial charge in [-0.05, 0) is 90.4 Å². The predicted octanol–water partition coefficient (Wildman–Crippen LogP) is 17.2. The Morgan fingerprint density at radius 1 is 0.514 bits per heavy atom. The van der Waals surface area contributed by atoms with Gasteiger partial charge in [-0.25, -0.2) is 4.57 Å². The van der Waals surface area contributed by atoms with Gasteiger partial charge in [0.05, 0.1) is 39.9 Å². The summed E-state index contributed by atoms with van der Waals surface area (Å²) in [5.41, 5.74) is 0. The van der Waals surface area contributed by atoms with E-state index in [9.17, 15) is 19.4 Å². The third-order valence-electron chi connectivity index (χ3n) is 12.0. The third kappa shape index (κ3) is 53.0. The van der Waals surface area contributed by atoms with Crippen molar-refractivity contribution >= 4 is 13.7 Å². The average Bonchev–Trinajstić information content (AvgIpc) is 3.32. The van der Waals surface area contributed by atoms with E-state index in [1.54, 1.807) is 6.08 Å². The van der Waals surface area contributed by atoms with E-state index in [1.807, 2.05) is 34.1 Å². The Morgan fingerprint density at radius 3 is 1.31 bits per heavy atom. The molecule has 0 rings (SSSR count). The predicted molar refractivity (Wildman–Crippen MR) is 304 cm³/mol. The summed E-state index contributed by atoms with van der Waals surface area (Å²) in [5, 5.41) is 13.8. The van der Waals surface area contributed by atoms with E-state index < -0.39 is 20.0 Å². The number of aliphatic hydroxyl groups excluding tert-OH is 1. The van der Waals surface area contributed by atoms with Gasteiger partial charge in [0.2, 0.25) is 5.91 Å². The van der Waals surface area contributed by atoms with Crippen LogP contribution in [0.3, 0.4) is 0 Å². The normalized spacial score (nSPS) is 14.8. The number of amides is 1. The number of allylic oxidation sites excluding steroid dienone is 17. The summed E-state index contributed by atoms with van der Waals surface area (Å²) < 4.78 is 23.5. The number of phosphoric ester groups is 1. The van der Waals surface area contributed by atoms with E-state index in [2.05, 4.69) is 109 Å². The Hall–Kier alpha value is -2.84. The molecule has 3 N–H and O–H groups in total. The Labute approximate surface area is 431 Å². The second-order valence-corrected chi connectivity index (χ2v) is 21.4. The maximum absolute atomic E-state index is 12.9. The number of likely N-dealkylation sites (N-methyl/N-ethyl adjacent to an activating group) is 1. The topological polar surface area (TPSA) is 105 Å². The Balaban J connectivity index is 3.89. The molecule has 402 valence electrons. The second kappa shape index (κ2) is 51.1. The zero-order valence-electron chi connectivity index (χ0n) is 45.7. The van der Waals surface area contributed by atoms with Crippen molar-refractivity contribution in [2.24, 2.45) is 0 Å². The molecule has 0 saturated heterocycles. The van der Waals surface area contributed by atoms with Crippen molar-refractivity contribution in [2.45, 2.75) is 231 Å². The van der Waals surface area contributed by atoms with Crippen molar-refractivity contribution in [1.29, 1.82) is 0 Å². The van der Waals surface area contributed by atoms with Gasteiger partial charge in [-0.2, -0.15) is 0 Å². The molecule has 0 bridgehead atoms. The van der Waals surface area contributed by atoms with Crippen molar-refractivity contribution in [1.82, 2.24) is 5.32 Å². The zero-order chi connectivity index (χ0) is 51.3. The van der Waals surface area contributed by atoms with Gasteiger partial charge in [-0.3, -0.25) is 13.8 Å². The molecule has 0 aromatic heterocycles. The molecule has 70 heavy (non-hydrogen) atoms. The number of rotatable bonds is 50. The van der Waals surface area contributed by atoms with Crippen LogP contribution in [0.2, 0.25) is 0 Å². The minimum absolute atomic E-state index is 0.0502. The maximum atomic E-state index is 12.9. The number of nitrogens with one attached hydrogen (secondary N) is 1. The van der Waals surface area contributed by atoms with Crippen molar-refractivity contribution in [3.63, 3.8) is 0 Å². The average molecular weight is 997 g/mol. The van der Waals surface area contributed by atoms with E-state index in [4.69, 9.17) is 9.05 Å². The van der Waals surface area contributed by atoms with Gasteiger partial charge in [-0.15, -0.1) is 0 Å². The van der Waals surface area contributed by atoms with E-state index in [1.165, 1.54) is 116 Å². The van der Waals surface area contributed by atoms with Crippen molar-refractivity contribution < 1.29 is 32.9 Å². The van der Waals surface area contributed by atoms with Crippen LogP contribution < -0.4 is 5.32 Å². The first kappa shape index (κ1) is 67.2. The number of hydrogen-bond donors (Lipinski definition) is 3. The van der Waals surface area contributed by atoms with Crippen LogP contribution >= 0.6 is 7.82 Å². The van der Waals surface area contributed by atoms with Gasteiger partial charge in [0.15, 0.2) is 0 Å². The fraction of sp³-hybridized carbons (Fsp3) is 0.689. The van der Waals surface area contributed by atoms with Crippen LogP contribution in [0.1, 0.15) is 219 Å². The van der Waals surface area contributed by atoms with Gasteiger partial charge in [-0.1, -0.05) is 232 Å². The number of carbonyl (C=O) groups is 1. The SMILES string of the molecule is C/C=C/CC/C=C/CC/C=C/C(O)C(COP(=O)(O)OCC[N+](C)(C)C)NC(=O)CCCCCCCCCCCCCCCCCCCCCC/C=C\C/C=C\C/C=C\C/C=C\C/C=C\C/C=C\CC. The van der Waals surface area contributed by atoms with E-state index in [0.717, 1.165) is 83.5 Å². The van der Waals surface area contributed by atoms with E-state index in [-0.39, 0.29) is 19.1 Å². The Kier molecular flexibility index (Phi) is 49.0. The molecule has 3 atom stereocenters. The molecule has 0 fully saturated rings. The highest BCUT2D eigenvalue weighted by Gasteiger charge is 2.27. The maximum Gasteiger partial charge on any atom is 0.472 e. The molecule has 0 radical (unpaired) electrons. The summed E-state index contributed by atoms with van der Waals surface area (Å²) >= 11 is 0. The number of unbranched alkanes of at least 4 members (excludes halogenated alkanes) is 22. The van der Waals surface area contributed by atoms with Crippen LogP contribution in [0.15, 0.2) is 109 Å². The van der Waals surface area contributed by atoms with Gasteiger partial charge in [0, 0.05) is 6.42 Å². The first-order chi connectivity index (χ1) is 34.0. The van der Waals surface area contributed by atoms with Crippen LogP contribution in [-0.2, 0) is 18.4 Å². The molecule has 0 spiro atoms. The van der Waals surface area contributed by atoms with Crippen LogP contribution in [0, 0.1) is 0 Å². The molecule has 0 aromatic rings. The summed E-state index contributed by atoms with van der Waals surface area (Å²) in [6, 6.07) is -0.871. The lowest BCUT2D eigenvalue weighted by atomic mass is 10.0. The van der Waals surface area contributed by atoms with Crippen LogP contribution in [0.25, 0.3) is 0 Å². The molecule has 8 nitrogen and oxygen atoms in total. The highest BCUT2D eigenvalue weighted by atomic mass is 31.2. The summed E-state index contributed by atoms with van der Waals surface area (Å²) in [7, 11) is 1.54. The molecular formula is C61H108N2O6P+. The third-order valence-corrected chi connectivity index (χ3v) is 13.0. The van der Waals surface area contributed by atoms with Gasteiger partial charge in [0.1, 0.15) is 13.2 Å². The molecule has 0 aromatic carbocycles. The molecular weight excluding hydrogens is 888 g/mol. The first-order valence-corrected chi connectivity index (χ1v) is 29.7. The number of phosphoric acid groups is 1. The second-order valence-electron chi connectivity index (χ2n) is 19.9. The summed E-state index contributed by atoms with van der Waals surface area (Å²) in [6.45, 7) is 4.42. The first-order valence-electron chi connectivity index (χ1n) is 28.2. The molecule has 9 heteroatoms. The largest absolute Gasteiger partial charge is 0.472 e. The van der Waals surface area contributed by atoms with Crippen molar-refractivity contribution in [2.75, 3.05) is 40.9 Å². The number of aliphatic hydroxyl groups is 1. The summed E-state index contributed by atoms with van der Waals surface area (Å²) in [6.07, 6.45) is 75.3. The number of hydrogen-bond acceptors (Lipinski definition) is 5. The summed E-state index contributed by atoms with van der Waals surface area (Å²) in [5.74, 6) is -0.196. The van der Waals surface area contributed by atoms with Crippen molar-refractivity contribution in [3.05, 3.63) is 109 Å². The molecule has 3 unspecified atom stereocenters. The minimum Gasteiger partial charge on any atom is -0.387 e.